The fraction of sp³-hybridized carbons (Fsp3) is 0.118. The summed E-state index contributed by atoms with van der Waals surface area (Å²) in [5.74, 6) is -0.153. The zero-order chi connectivity index (χ0) is 16.9. The van der Waals surface area contributed by atoms with E-state index >= 15 is 0 Å². The van der Waals surface area contributed by atoms with Gasteiger partial charge in [-0.25, -0.2) is 4.39 Å². The second-order valence-corrected chi connectivity index (χ2v) is 6.13. The number of carbonyl (C=O) groups excluding carboxylic acids is 1. The predicted molar refractivity (Wildman–Crippen MR) is 89.8 cm³/mol. The van der Waals surface area contributed by atoms with Gasteiger partial charge in [0.1, 0.15) is 18.2 Å². The number of hydrogen-bond donors (Lipinski definition) is 1. The number of nitrogens with zero attached hydrogens (tertiary/aromatic N) is 2. The van der Waals surface area contributed by atoms with Crippen LogP contribution in [0.3, 0.4) is 0 Å². The van der Waals surface area contributed by atoms with Crippen molar-refractivity contribution >= 4 is 22.4 Å². The number of anilines is 1. The summed E-state index contributed by atoms with van der Waals surface area (Å²) in [6.07, 6.45) is 0. The molecule has 0 aliphatic heterocycles. The second-order valence-electron chi connectivity index (χ2n) is 5.07. The molecule has 1 heterocycles. The Morgan fingerprint density at radius 2 is 2.04 bits per heavy atom. The van der Waals surface area contributed by atoms with Crippen molar-refractivity contribution < 1.29 is 13.9 Å². The lowest BCUT2D eigenvalue weighted by atomic mass is 10.2. The van der Waals surface area contributed by atoms with E-state index in [0.29, 0.717) is 10.1 Å². The molecule has 0 bridgehead atoms. The summed E-state index contributed by atoms with van der Waals surface area (Å²) in [4.78, 5) is 12.0. The summed E-state index contributed by atoms with van der Waals surface area (Å²) in [5.41, 5.74) is 1.33. The van der Waals surface area contributed by atoms with Crippen LogP contribution >= 0.6 is 11.3 Å². The minimum Gasteiger partial charge on any atom is -0.486 e. The van der Waals surface area contributed by atoms with Gasteiger partial charge < -0.3 is 4.74 Å². The standard InChI is InChI=1S/C17H14FN3O2S/c1-11-4-2-7-14(8-11)23-10-15-20-21-17(24-15)19-16(22)12-5-3-6-13(18)9-12/h2-9H,10H2,1H3,(H,19,21,22). The minimum atomic E-state index is -0.466. The number of benzene rings is 2. The van der Waals surface area contributed by atoms with Gasteiger partial charge in [0, 0.05) is 5.56 Å². The summed E-state index contributed by atoms with van der Waals surface area (Å²) in [6.45, 7) is 2.24. The van der Waals surface area contributed by atoms with E-state index in [9.17, 15) is 9.18 Å². The molecule has 122 valence electrons. The average Bonchev–Trinajstić information content (AvgIpc) is 3.00. The van der Waals surface area contributed by atoms with E-state index in [1.54, 1.807) is 0 Å². The molecular formula is C17H14FN3O2S. The molecule has 0 fully saturated rings. The molecule has 5 nitrogen and oxygen atoms in total. The highest BCUT2D eigenvalue weighted by Crippen LogP contribution is 2.19. The quantitative estimate of drug-likeness (QED) is 0.765. The number of hydrogen-bond acceptors (Lipinski definition) is 5. The van der Waals surface area contributed by atoms with Crippen LogP contribution in [0.1, 0.15) is 20.9 Å². The topological polar surface area (TPSA) is 64.1 Å². The lowest BCUT2D eigenvalue weighted by Crippen LogP contribution is -2.11. The van der Waals surface area contributed by atoms with E-state index in [2.05, 4.69) is 15.5 Å². The molecule has 3 rings (SSSR count). The van der Waals surface area contributed by atoms with Crippen LogP contribution in [-0.4, -0.2) is 16.1 Å². The Kier molecular flexibility index (Phi) is 4.81. The van der Waals surface area contributed by atoms with Crippen molar-refractivity contribution in [3.05, 3.63) is 70.5 Å². The lowest BCUT2D eigenvalue weighted by molar-refractivity contribution is 0.102. The zero-order valence-electron chi connectivity index (χ0n) is 12.8. The fourth-order valence-electron chi connectivity index (χ4n) is 2.01. The molecule has 0 spiro atoms. The summed E-state index contributed by atoms with van der Waals surface area (Å²) in [5, 5.41) is 11.4. The Balaban J connectivity index is 1.60. The smallest absolute Gasteiger partial charge is 0.257 e. The van der Waals surface area contributed by atoms with Gasteiger partial charge in [0.15, 0.2) is 5.01 Å². The van der Waals surface area contributed by atoms with Gasteiger partial charge in [-0.1, -0.05) is 29.5 Å². The van der Waals surface area contributed by atoms with Crippen molar-refractivity contribution in [2.45, 2.75) is 13.5 Å². The number of nitrogens with one attached hydrogen (secondary N) is 1. The van der Waals surface area contributed by atoms with E-state index in [1.807, 2.05) is 31.2 Å². The van der Waals surface area contributed by atoms with Crippen LogP contribution in [0.2, 0.25) is 0 Å². The minimum absolute atomic E-state index is 0.225. The molecule has 0 aliphatic carbocycles. The molecule has 24 heavy (non-hydrogen) atoms. The maximum Gasteiger partial charge on any atom is 0.257 e. The number of aryl methyl sites for hydroxylation is 1. The van der Waals surface area contributed by atoms with Crippen LogP contribution in [0.4, 0.5) is 9.52 Å². The molecule has 0 saturated heterocycles. The molecule has 1 aromatic heterocycles. The van der Waals surface area contributed by atoms with Crippen molar-refractivity contribution in [3.63, 3.8) is 0 Å². The normalized spacial score (nSPS) is 10.4. The Morgan fingerprint density at radius 3 is 2.83 bits per heavy atom. The summed E-state index contributed by atoms with van der Waals surface area (Å²) < 4.78 is 18.8. The van der Waals surface area contributed by atoms with Crippen LogP contribution in [0.25, 0.3) is 0 Å². The van der Waals surface area contributed by atoms with Crippen LogP contribution in [-0.2, 0) is 6.61 Å². The summed E-state index contributed by atoms with van der Waals surface area (Å²) in [6, 6.07) is 13.1. The van der Waals surface area contributed by atoms with Crippen molar-refractivity contribution in [3.8, 4) is 5.75 Å². The van der Waals surface area contributed by atoms with Gasteiger partial charge >= 0.3 is 0 Å². The van der Waals surface area contributed by atoms with Gasteiger partial charge in [-0.15, -0.1) is 10.2 Å². The van der Waals surface area contributed by atoms with Gasteiger partial charge in [-0.3, -0.25) is 10.1 Å². The van der Waals surface area contributed by atoms with Crippen molar-refractivity contribution in [1.82, 2.24) is 10.2 Å². The highest BCUT2D eigenvalue weighted by molar-refractivity contribution is 7.15. The molecule has 7 heteroatoms. The number of amides is 1. The molecule has 0 aliphatic rings. The third-order valence-corrected chi connectivity index (χ3v) is 3.94. The maximum absolute atomic E-state index is 13.1. The summed E-state index contributed by atoms with van der Waals surface area (Å²) in [7, 11) is 0. The van der Waals surface area contributed by atoms with Crippen molar-refractivity contribution in [2.24, 2.45) is 0 Å². The van der Waals surface area contributed by atoms with Gasteiger partial charge in [-0.2, -0.15) is 0 Å². The van der Waals surface area contributed by atoms with E-state index in [-0.39, 0.29) is 12.2 Å². The Morgan fingerprint density at radius 1 is 1.21 bits per heavy atom. The largest absolute Gasteiger partial charge is 0.486 e. The highest BCUT2D eigenvalue weighted by Gasteiger charge is 2.11. The number of aromatic nitrogens is 2. The SMILES string of the molecule is Cc1cccc(OCc2nnc(NC(=O)c3cccc(F)c3)s2)c1. The van der Waals surface area contributed by atoms with Gasteiger partial charge in [0.2, 0.25) is 5.13 Å². The van der Waals surface area contributed by atoms with Crippen LogP contribution in [0, 0.1) is 12.7 Å². The molecular weight excluding hydrogens is 329 g/mol. The van der Waals surface area contributed by atoms with Crippen molar-refractivity contribution in [1.29, 1.82) is 0 Å². The molecule has 1 N–H and O–H groups in total. The van der Waals surface area contributed by atoms with Gasteiger partial charge in [-0.05, 0) is 42.8 Å². The van der Waals surface area contributed by atoms with Crippen molar-refractivity contribution in [2.75, 3.05) is 5.32 Å². The first-order chi connectivity index (χ1) is 11.6. The monoisotopic (exact) mass is 343 g/mol. The third-order valence-electron chi connectivity index (χ3n) is 3.13. The van der Waals surface area contributed by atoms with E-state index in [4.69, 9.17) is 4.74 Å². The third kappa shape index (κ3) is 4.14. The second kappa shape index (κ2) is 7.18. The van der Waals surface area contributed by atoms with Crippen LogP contribution in [0.5, 0.6) is 5.75 Å². The number of rotatable bonds is 5. The van der Waals surface area contributed by atoms with Crippen LogP contribution in [0.15, 0.2) is 48.5 Å². The number of halogens is 1. The highest BCUT2D eigenvalue weighted by atomic mass is 32.1. The molecule has 1 amide bonds. The Bertz CT molecular complexity index is 866. The first-order valence-electron chi connectivity index (χ1n) is 7.19. The molecule has 3 aromatic rings. The average molecular weight is 343 g/mol. The molecule has 2 aromatic carbocycles. The molecule has 0 radical (unpaired) electrons. The first-order valence-corrected chi connectivity index (χ1v) is 8.00. The predicted octanol–water partition coefficient (Wildman–Crippen LogP) is 3.82. The van der Waals surface area contributed by atoms with Crippen LogP contribution < -0.4 is 10.1 Å². The van der Waals surface area contributed by atoms with Gasteiger partial charge in [0.05, 0.1) is 0 Å². The lowest BCUT2D eigenvalue weighted by Gasteiger charge is -2.03. The van der Waals surface area contributed by atoms with E-state index in [1.165, 1.54) is 29.5 Å². The van der Waals surface area contributed by atoms with Gasteiger partial charge in [0.25, 0.3) is 5.91 Å². The fourth-order valence-corrected chi connectivity index (χ4v) is 2.66. The Hall–Kier alpha value is -2.80. The maximum atomic E-state index is 13.1. The molecule has 0 atom stereocenters. The zero-order valence-corrected chi connectivity index (χ0v) is 13.6. The first kappa shape index (κ1) is 16.1. The molecule has 0 saturated carbocycles. The number of ether oxygens (including phenoxy) is 1. The Labute approximate surface area is 142 Å². The molecule has 0 unspecified atom stereocenters. The van der Waals surface area contributed by atoms with E-state index < -0.39 is 11.7 Å². The summed E-state index contributed by atoms with van der Waals surface area (Å²) >= 11 is 1.21. The number of carbonyl (C=O) groups is 1. The van der Waals surface area contributed by atoms with E-state index in [0.717, 1.165) is 17.4 Å².